The van der Waals surface area contributed by atoms with Gasteiger partial charge in [-0.1, -0.05) is 36.4 Å². The number of benzene rings is 4. The lowest BCUT2D eigenvalue weighted by Crippen LogP contribution is -2.33. The van der Waals surface area contributed by atoms with Crippen LogP contribution in [0.2, 0.25) is 0 Å². The highest BCUT2D eigenvalue weighted by Gasteiger charge is 2.21. The number of phenols is 1. The molecule has 3 N–H and O–H groups in total. The Labute approximate surface area is 225 Å². The highest BCUT2D eigenvalue weighted by molar-refractivity contribution is 6.17. The quantitative estimate of drug-likeness (QED) is 0.200. The summed E-state index contributed by atoms with van der Waals surface area (Å²) in [5, 5.41) is 22.9. The predicted octanol–water partition coefficient (Wildman–Crippen LogP) is 3.77. The molecule has 0 fully saturated rings. The minimum absolute atomic E-state index is 0.0375. The molecule has 1 heterocycles. The second-order valence-electron chi connectivity index (χ2n) is 9.24. The maximum atomic E-state index is 13.4. The Bertz CT molecular complexity index is 1670. The molecule has 5 rings (SSSR count). The lowest BCUT2D eigenvalue weighted by atomic mass is 9.90. The molecule has 9 heteroatoms. The van der Waals surface area contributed by atoms with Crippen molar-refractivity contribution in [3.63, 3.8) is 0 Å². The smallest absolute Gasteiger partial charge is 0.504 e. The molecule has 2 aliphatic rings. The molecule has 0 spiro atoms. The fourth-order valence-corrected chi connectivity index (χ4v) is 4.72. The van der Waals surface area contributed by atoms with Gasteiger partial charge in [-0.15, -0.1) is 0 Å². The predicted molar refractivity (Wildman–Crippen MR) is 151 cm³/mol. The molecule has 196 valence electrons. The van der Waals surface area contributed by atoms with Crippen molar-refractivity contribution in [2.24, 2.45) is 0 Å². The molecule has 3 aromatic carbocycles. The third-order valence-corrected chi connectivity index (χ3v) is 6.53. The van der Waals surface area contributed by atoms with E-state index in [4.69, 9.17) is 14.1 Å². The van der Waals surface area contributed by atoms with Crippen molar-refractivity contribution in [3.8, 4) is 33.9 Å². The number of likely N-dealkylation sites (N-methyl/N-ethyl adjacent to an activating group) is 1. The SMILES string of the molecule is CN(CCNC(=O)c1ccccc1-c1c2ccc(=O)cc-2oc2cc(O)ccc12)Cc1ccccc1OBO. The van der Waals surface area contributed by atoms with Crippen molar-refractivity contribution in [3.05, 3.63) is 106 Å². The molecule has 39 heavy (non-hydrogen) atoms. The number of amides is 1. The Balaban J connectivity index is 1.40. The van der Waals surface area contributed by atoms with Gasteiger partial charge in [-0.2, -0.15) is 0 Å². The van der Waals surface area contributed by atoms with E-state index in [0.29, 0.717) is 58.8 Å². The Hall–Kier alpha value is -4.60. The maximum absolute atomic E-state index is 13.4. The van der Waals surface area contributed by atoms with Gasteiger partial charge in [-0.3, -0.25) is 9.59 Å². The summed E-state index contributed by atoms with van der Waals surface area (Å²) in [4.78, 5) is 27.5. The zero-order valence-electron chi connectivity index (χ0n) is 21.4. The van der Waals surface area contributed by atoms with E-state index < -0.39 is 7.69 Å². The fourth-order valence-electron chi connectivity index (χ4n) is 4.72. The minimum atomic E-state index is -0.393. The highest BCUT2D eigenvalue weighted by atomic mass is 16.5. The van der Waals surface area contributed by atoms with E-state index in [-0.39, 0.29) is 17.1 Å². The number of carbonyl (C=O) groups excluding carboxylic acids is 1. The molecule has 1 amide bonds. The minimum Gasteiger partial charge on any atom is -0.539 e. The number of aromatic hydroxyl groups is 1. The van der Waals surface area contributed by atoms with Crippen LogP contribution in [0.25, 0.3) is 33.4 Å². The number of para-hydroxylation sites is 1. The lowest BCUT2D eigenvalue weighted by Gasteiger charge is -2.20. The molecule has 0 saturated heterocycles. The first-order valence-electron chi connectivity index (χ1n) is 12.5. The molecule has 0 aromatic heterocycles. The summed E-state index contributed by atoms with van der Waals surface area (Å²) in [6, 6.07) is 24.2. The molecule has 0 radical (unpaired) electrons. The van der Waals surface area contributed by atoms with E-state index in [0.717, 1.165) is 11.1 Å². The first kappa shape index (κ1) is 26.0. The molecular formula is C30H27BN2O6. The molecule has 1 aliphatic heterocycles. The van der Waals surface area contributed by atoms with Crippen LogP contribution in [0.1, 0.15) is 15.9 Å². The topological polar surface area (TPSA) is 112 Å². The van der Waals surface area contributed by atoms with E-state index in [1.54, 1.807) is 24.3 Å². The molecule has 8 nitrogen and oxygen atoms in total. The lowest BCUT2D eigenvalue weighted by molar-refractivity contribution is 0.0950. The van der Waals surface area contributed by atoms with Crippen LogP contribution in [0, 0.1) is 0 Å². The second-order valence-corrected chi connectivity index (χ2v) is 9.24. The molecule has 0 bridgehead atoms. The summed E-state index contributed by atoms with van der Waals surface area (Å²) < 4.78 is 11.2. The normalized spacial score (nSPS) is 11.2. The third-order valence-electron chi connectivity index (χ3n) is 6.53. The van der Waals surface area contributed by atoms with Crippen LogP contribution < -0.4 is 15.4 Å². The van der Waals surface area contributed by atoms with Gasteiger partial charge in [-0.25, -0.2) is 0 Å². The van der Waals surface area contributed by atoms with Crippen LogP contribution in [-0.2, 0) is 6.54 Å². The number of nitrogens with zero attached hydrogens (tertiary/aromatic N) is 1. The second kappa shape index (κ2) is 11.4. The number of hydrogen-bond acceptors (Lipinski definition) is 7. The third kappa shape index (κ3) is 5.64. The standard InChI is InChI=1S/C30H27BN2O6/c1-33(18-19-6-2-5-9-26(19)39-31-37)15-14-32-30(36)23-8-4-3-7-22(23)29-24-12-10-20(34)16-27(24)38-28-17-21(35)11-13-25(28)29/h2-13,16-17,31,34,37H,14-15,18H2,1H3,(H,32,36). The van der Waals surface area contributed by atoms with E-state index in [2.05, 4.69) is 10.2 Å². The van der Waals surface area contributed by atoms with Gasteiger partial charge < -0.3 is 29.4 Å². The van der Waals surface area contributed by atoms with Gasteiger partial charge in [0.15, 0.2) is 5.43 Å². The largest absolute Gasteiger partial charge is 0.539 e. The highest BCUT2D eigenvalue weighted by Crippen LogP contribution is 2.41. The van der Waals surface area contributed by atoms with E-state index in [1.165, 1.54) is 18.2 Å². The van der Waals surface area contributed by atoms with Crippen LogP contribution in [0.3, 0.4) is 0 Å². The average Bonchev–Trinajstić information content (AvgIpc) is 2.92. The number of hydrogen-bond donors (Lipinski definition) is 3. The van der Waals surface area contributed by atoms with E-state index >= 15 is 0 Å². The Morgan fingerprint density at radius 2 is 1.79 bits per heavy atom. The number of phenolic OH excluding ortho intramolecular Hbond substituents is 1. The molecule has 0 atom stereocenters. The van der Waals surface area contributed by atoms with Crippen molar-refractivity contribution < 1.29 is 24.0 Å². The molecule has 3 aromatic rings. The van der Waals surface area contributed by atoms with Crippen molar-refractivity contribution in [1.82, 2.24) is 10.2 Å². The van der Waals surface area contributed by atoms with Gasteiger partial charge in [-0.05, 0) is 49.0 Å². The first-order valence-corrected chi connectivity index (χ1v) is 12.5. The van der Waals surface area contributed by atoms with Gasteiger partial charge in [0.05, 0.1) is 0 Å². The summed E-state index contributed by atoms with van der Waals surface area (Å²) in [6.45, 7) is 1.58. The summed E-state index contributed by atoms with van der Waals surface area (Å²) in [5.41, 5.74) is 3.75. The van der Waals surface area contributed by atoms with Gasteiger partial charge in [0.2, 0.25) is 0 Å². The number of fused-ring (bicyclic) bond motifs is 2. The van der Waals surface area contributed by atoms with Crippen molar-refractivity contribution in [2.45, 2.75) is 6.54 Å². The molecule has 0 saturated carbocycles. The van der Waals surface area contributed by atoms with Crippen LogP contribution in [0.4, 0.5) is 0 Å². The molecule has 1 aliphatic carbocycles. The number of carbonyl (C=O) groups is 1. The Kier molecular flexibility index (Phi) is 7.63. The summed E-state index contributed by atoms with van der Waals surface area (Å²) in [5.74, 6) is 0.800. The van der Waals surface area contributed by atoms with Crippen LogP contribution in [-0.4, -0.2) is 48.8 Å². The Morgan fingerprint density at radius 1 is 1.00 bits per heavy atom. The monoisotopic (exact) mass is 522 g/mol. The van der Waals surface area contributed by atoms with Crippen molar-refractivity contribution >= 4 is 24.6 Å². The maximum Gasteiger partial charge on any atom is 0.504 e. The summed E-state index contributed by atoms with van der Waals surface area (Å²) >= 11 is 0. The van der Waals surface area contributed by atoms with E-state index in [1.807, 2.05) is 49.5 Å². The summed E-state index contributed by atoms with van der Waals surface area (Å²) in [7, 11) is 1.55. The molecule has 0 unspecified atom stereocenters. The fraction of sp³-hybridized carbons (Fsp3) is 0.133. The van der Waals surface area contributed by atoms with Crippen LogP contribution in [0.15, 0.2) is 94.1 Å². The number of rotatable bonds is 9. The van der Waals surface area contributed by atoms with E-state index in [9.17, 15) is 14.7 Å². The van der Waals surface area contributed by atoms with Gasteiger partial charge in [0.1, 0.15) is 22.8 Å². The van der Waals surface area contributed by atoms with Crippen molar-refractivity contribution in [2.75, 3.05) is 20.1 Å². The van der Waals surface area contributed by atoms with Crippen LogP contribution in [0.5, 0.6) is 11.5 Å². The van der Waals surface area contributed by atoms with Gasteiger partial charge >= 0.3 is 7.69 Å². The zero-order valence-corrected chi connectivity index (χ0v) is 21.4. The summed E-state index contributed by atoms with van der Waals surface area (Å²) in [6.07, 6.45) is 0. The van der Waals surface area contributed by atoms with Gasteiger partial charge in [0.25, 0.3) is 5.91 Å². The van der Waals surface area contributed by atoms with Crippen molar-refractivity contribution in [1.29, 1.82) is 0 Å². The zero-order chi connectivity index (χ0) is 27.4. The Morgan fingerprint density at radius 3 is 2.64 bits per heavy atom. The average molecular weight is 522 g/mol. The van der Waals surface area contributed by atoms with Crippen LogP contribution >= 0.6 is 0 Å². The number of nitrogens with one attached hydrogen (secondary N) is 1. The van der Waals surface area contributed by atoms with Gasteiger partial charge in [0, 0.05) is 59.4 Å². The molecular weight excluding hydrogens is 495 g/mol. The first-order chi connectivity index (χ1) is 18.9.